The second-order valence-corrected chi connectivity index (χ2v) is 7.42. The number of nitrogens with one attached hydrogen (secondary N) is 1. The molecule has 6 heteroatoms. The van der Waals surface area contributed by atoms with Gasteiger partial charge in [0, 0.05) is 42.8 Å². The zero-order chi connectivity index (χ0) is 20.5. The Labute approximate surface area is 170 Å². The summed E-state index contributed by atoms with van der Waals surface area (Å²) in [5.41, 5.74) is 4.46. The lowest BCUT2D eigenvalue weighted by molar-refractivity contribution is 0.0536. The fraction of sp³-hybridized carbons (Fsp3) is 0.304. The third-order valence-electron chi connectivity index (χ3n) is 5.76. The molecule has 150 valence electrons. The number of hydrogen-bond donors (Lipinski definition) is 1. The van der Waals surface area contributed by atoms with E-state index in [1.54, 1.807) is 36.3 Å². The normalized spacial score (nSPS) is 14.3. The Bertz CT molecular complexity index is 1060. The fourth-order valence-corrected chi connectivity index (χ4v) is 3.86. The predicted molar refractivity (Wildman–Crippen MR) is 113 cm³/mol. The highest BCUT2D eigenvalue weighted by molar-refractivity contribution is 6.06. The molecule has 29 heavy (non-hydrogen) atoms. The summed E-state index contributed by atoms with van der Waals surface area (Å²) in [4.78, 5) is 32.9. The van der Waals surface area contributed by atoms with Crippen molar-refractivity contribution in [3.8, 4) is 5.75 Å². The second-order valence-electron chi connectivity index (χ2n) is 7.42. The van der Waals surface area contributed by atoms with Crippen LogP contribution in [0.4, 0.5) is 0 Å². The van der Waals surface area contributed by atoms with Crippen LogP contribution >= 0.6 is 0 Å². The molecule has 1 aromatic heterocycles. The Morgan fingerprint density at radius 2 is 1.52 bits per heavy atom. The number of aromatic nitrogens is 1. The Kier molecular flexibility index (Phi) is 5.01. The Morgan fingerprint density at radius 3 is 2.14 bits per heavy atom. The SMILES string of the molecule is COc1ccc(C(=O)N2CCN(C(=O)c3cccc4c(C)c(C)[nH]c34)CC2)cc1. The van der Waals surface area contributed by atoms with Gasteiger partial charge in [-0.25, -0.2) is 0 Å². The summed E-state index contributed by atoms with van der Waals surface area (Å²) in [5, 5.41) is 1.08. The van der Waals surface area contributed by atoms with E-state index in [4.69, 9.17) is 4.74 Å². The third kappa shape index (κ3) is 3.46. The quantitative estimate of drug-likeness (QED) is 0.744. The van der Waals surface area contributed by atoms with Gasteiger partial charge < -0.3 is 19.5 Å². The number of carbonyl (C=O) groups excluding carboxylic acids is 2. The van der Waals surface area contributed by atoms with E-state index in [2.05, 4.69) is 11.9 Å². The molecule has 1 fully saturated rings. The molecule has 0 aliphatic carbocycles. The van der Waals surface area contributed by atoms with Crippen molar-refractivity contribution in [2.75, 3.05) is 33.3 Å². The molecule has 0 unspecified atom stereocenters. The highest BCUT2D eigenvalue weighted by Gasteiger charge is 2.26. The molecule has 1 aliphatic heterocycles. The zero-order valence-corrected chi connectivity index (χ0v) is 17.0. The van der Waals surface area contributed by atoms with Crippen LogP contribution in [0.5, 0.6) is 5.75 Å². The summed E-state index contributed by atoms with van der Waals surface area (Å²) in [6.45, 7) is 6.18. The minimum atomic E-state index is -0.0162. The van der Waals surface area contributed by atoms with E-state index in [1.807, 2.05) is 30.0 Å². The lowest BCUT2D eigenvalue weighted by Gasteiger charge is -2.35. The number of nitrogens with zero attached hydrogens (tertiary/aromatic N) is 2. The number of aryl methyl sites for hydroxylation is 2. The lowest BCUT2D eigenvalue weighted by Crippen LogP contribution is -2.50. The number of ether oxygens (including phenoxy) is 1. The van der Waals surface area contributed by atoms with Gasteiger partial charge in [-0.3, -0.25) is 9.59 Å². The van der Waals surface area contributed by atoms with Gasteiger partial charge in [0.15, 0.2) is 0 Å². The number of amides is 2. The standard InChI is InChI=1S/C23H25N3O3/c1-15-16(2)24-21-19(15)5-4-6-20(21)23(28)26-13-11-25(12-14-26)22(27)17-7-9-18(29-3)10-8-17/h4-10,24H,11-14H2,1-3H3. The maximum absolute atomic E-state index is 13.1. The van der Waals surface area contributed by atoms with Gasteiger partial charge >= 0.3 is 0 Å². The number of fused-ring (bicyclic) bond motifs is 1. The first-order valence-electron chi connectivity index (χ1n) is 9.80. The van der Waals surface area contributed by atoms with E-state index < -0.39 is 0 Å². The molecule has 0 atom stereocenters. The Balaban J connectivity index is 1.46. The van der Waals surface area contributed by atoms with Crippen LogP contribution in [0, 0.1) is 13.8 Å². The molecule has 3 aromatic rings. The number of para-hydroxylation sites is 1. The van der Waals surface area contributed by atoms with Gasteiger partial charge in [0.1, 0.15) is 5.75 Å². The van der Waals surface area contributed by atoms with Crippen molar-refractivity contribution in [3.05, 3.63) is 64.8 Å². The molecule has 2 heterocycles. The first-order valence-corrected chi connectivity index (χ1v) is 9.80. The lowest BCUT2D eigenvalue weighted by atomic mass is 10.1. The van der Waals surface area contributed by atoms with Crippen molar-refractivity contribution in [1.82, 2.24) is 14.8 Å². The van der Waals surface area contributed by atoms with Crippen LogP contribution in [0.25, 0.3) is 10.9 Å². The van der Waals surface area contributed by atoms with Crippen LogP contribution in [0.2, 0.25) is 0 Å². The maximum Gasteiger partial charge on any atom is 0.256 e. The van der Waals surface area contributed by atoms with Gasteiger partial charge in [0.2, 0.25) is 0 Å². The number of methoxy groups -OCH3 is 1. The van der Waals surface area contributed by atoms with Gasteiger partial charge in [0.25, 0.3) is 11.8 Å². The number of piperazine rings is 1. The van der Waals surface area contributed by atoms with E-state index >= 15 is 0 Å². The summed E-state index contributed by atoms with van der Waals surface area (Å²) < 4.78 is 5.14. The topological polar surface area (TPSA) is 65.6 Å². The number of hydrogen-bond acceptors (Lipinski definition) is 3. The van der Waals surface area contributed by atoms with E-state index in [-0.39, 0.29) is 11.8 Å². The third-order valence-corrected chi connectivity index (χ3v) is 5.76. The molecule has 2 amide bonds. The highest BCUT2D eigenvalue weighted by Crippen LogP contribution is 2.25. The van der Waals surface area contributed by atoms with Crippen LogP contribution in [0.1, 0.15) is 32.0 Å². The van der Waals surface area contributed by atoms with Crippen molar-refractivity contribution in [3.63, 3.8) is 0 Å². The Hall–Kier alpha value is -3.28. The predicted octanol–water partition coefficient (Wildman–Crippen LogP) is 3.39. The average molecular weight is 391 g/mol. The Morgan fingerprint density at radius 1 is 0.897 bits per heavy atom. The van der Waals surface area contributed by atoms with Gasteiger partial charge in [-0.1, -0.05) is 12.1 Å². The smallest absolute Gasteiger partial charge is 0.256 e. The molecule has 0 saturated carbocycles. The summed E-state index contributed by atoms with van der Waals surface area (Å²) in [5.74, 6) is 0.715. The molecular weight excluding hydrogens is 366 g/mol. The molecule has 4 rings (SSSR count). The molecular formula is C23H25N3O3. The van der Waals surface area contributed by atoms with Crippen LogP contribution < -0.4 is 4.74 Å². The van der Waals surface area contributed by atoms with E-state index in [9.17, 15) is 9.59 Å². The van der Waals surface area contributed by atoms with Crippen molar-refractivity contribution in [2.45, 2.75) is 13.8 Å². The molecule has 0 radical (unpaired) electrons. The van der Waals surface area contributed by atoms with Crippen LogP contribution in [0.15, 0.2) is 42.5 Å². The summed E-state index contributed by atoms with van der Waals surface area (Å²) in [7, 11) is 1.60. The number of H-pyrrole nitrogens is 1. The molecule has 1 saturated heterocycles. The first kappa shape index (κ1) is 19.1. The van der Waals surface area contributed by atoms with Gasteiger partial charge in [0.05, 0.1) is 18.2 Å². The van der Waals surface area contributed by atoms with E-state index in [0.717, 1.165) is 22.3 Å². The molecule has 6 nitrogen and oxygen atoms in total. The number of rotatable bonds is 3. The molecule has 1 aliphatic rings. The number of benzene rings is 2. The average Bonchev–Trinajstić information content (AvgIpc) is 3.06. The van der Waals surface area contributed by atoms with Crippen molar-refractivity contribution < 1.29 is 14.3 Å². The minimum Gasteiger partial charge on any atom is -0.497 e. The highest BCUT2D eigenvalue weighted by atomic mass is 16.5. The van der Waals surface area contributed by atoms with Crippen molar-refractivity contribution >= 4 is 22.7 Å². The van der Waals surface area contributed by atoms with Crippen LogP contribution in [-0.4, -0.2) is 59.9 Å². The molecule has 0 bridgehead atoms. The van der Waals surface area contributed by atoms with Crippen LogP contribution in [-0.2, 0) is 0 Å². The monoisotopic (exact) mass is 391 g/mol. The summed E-state index contributed by atoms with van der Waals surface area (Å²) in [6, 6.07) is 13.0. The van der Waals surface area contributed by atoms with E-state index in [1.165, 1.54) is 5.56 Å². The minimum absolute atomic E-state index is 0.00777. The van der Waals surface area contributed by atoms with E-state index in [0.29, 0.717) is 37.3 Å². The molecule has 1 N–H and O–H groups in total. The zero-order valence-electron chi connectivity index (χ0n) is 17.0. The first-order chi connectivity index (χ1) is 14.0. The maximum atomic E-state index is 13.1. The summed E-state index contributed by atoms with van der Waals surface area (Å²) in [6.07, 6.45) is 0. The van der Waals surface area contributed by atoms with Crippen molar-refractivity contribution in [1.29, 1.82) is 0 Å². The largest absolute Gasteiger partial charge is 0.497 e. The number of carbonyl (C=O) groups is 2. The van der Waals surface area contributed by atoms with Crippen molar-refractivity contribution in [2.24, 2.45) is 0 Å². The molecule has 0 spiro atoms. The van der Waals surface area contributed by atoms with Crippen LogP contribution in [0.3, 0.4) is 0 Å². The molecule has 2 aromatic carbocycles. The van der Waals surface area contributed by atoms with Gasteiger partial charge in [-0.2, -0.15) is 0 Å². The fourth-order valence-electron chi connectivity index (χ4n) is 3.86. The van der Waals surface area contributed by atoms with Gasteiger partial charge in [-0.15, -0.1) is 0 Å². The second kappa shape index (κ2) is 7.62. The summed E-state index contributed by atoms with van der Waals surface area (Å²) >= 11 is 0. The van der Waals surface area contributed by atoms with Gasteiger partial charge in [-0.05, 0) is 49.7 Å². The number of aromatic amines is 1.